The highest BCUT2D eigenvalue weighted by molar-refractivity contribution is 7.90. The van der Waals surface area contributed by atoms with Gasteiger partial charge in [0.15, 0.2) is 0 Å². The molecule has 198 valence electrons. The van der Waals surface area contributed by atoms with Crippen molar-refractivity contribution >= 4 is 62.5 Å². The Morgan fingerprint density at radius 3 is 2.19 bits per heavy atom. The van der Waals surface area contributed by atoms with Crippen LogP contribution in [0.3, 0.4) is 0 Å². The molecule has 0 radical (unpaired) electrons. The molecule has 4 saturated carbocycles. The van der Waals surface area contributed by atoms with Crippen molar-refractivity contribution in [2.45, 2.75) is 52.0 Å². The highest BCUT2D eigenvalue weighted by Crippen LogP contribution is 2.60. The van der Waals surface area contributed by atoms with E-state index in [1.54, 1.807) is 0 Å². The summed E-state index contributed by atoms with van der Waals surface area (Å²) in [6.45, 7) is 3.87. The highest BCUT2D eigenvalue weighted by atomic mass is 35.5. The molecule has 8 nitrogen and oxygen atoms in total. The lowest BCUT2D eigenvalue weighted by atomic mass is 9.47. The second kappa shape index (κ2) is 8.90. The minimum atomic E-state index is -4.09. The van der Waals surface area contributed by atoms with Gasteiger partial charge < -0.3 is 11.1 Å². The van der Waals surface area contributed by atoms with Gasteiger partial charge in [0.05, 0.1) is 22.3 Å². The highest BCUT2D eigenvalue weighted by Gasteiger charge is 2.58. The molecular weight excluding hydrogens is 547 g/mol. The third-order valence-corrected chi connectivity index (χ3v) is 11.0. The smallest absolute Gasteiger partial charge is 0.304 e. The first kappa shape index (κ1) is 26.4. The number of nitrogens with one attached hydrogen (secondary N) is 1. The van der Waals surface area contributed by atoms with Crippen molar-refractivity contribution in [3.05, 3.63) is 27.2 Å². The molecular formula is C24H31Cl3N4O4S. The minimum absolute atomic E-state index is 0.0710. The van der Waals surface area contributed by atoms with E-state index in [-0.39, 0.29) is 65.1 Å². The number of primary amides is 1. The summed E-state index contributed by atoms with van der Waals surface area (Å²) in [5.41, 5.74) is 5.00. The van der Waals surface area contributed by atoms with E-state index in [0.29, 0.717) is 23.8 Å². The molecule has 1 heterocycles. The molecule has 5 aliphatic rings. The van der Waals surface area contributed by atoms with E-state index in [4.69, 9.17) is 40.5 Å². The molecule has 3 N–H and O–H groups in total. The molecule has 2 unspecified atom stereocenters. The van der Waals surface area contributed by atoms with Crippen molar-refractivity contribution in [3.63, 3.8) is 0 Å². The third kappa shape index (κ3) is 4.49. The topological polar surface area (TPSA) is 113 Å². The van der Waals surface area contributed by atoms with Crippen LogP contribution in [0.25, 0.3) is 0 Å². The van der Waals surface area contributed by atoms with Crippen LogP contribution in [-0.2, 0) is 19.8 Å². The van der Waals surface area contributed by atoms with Gasteiger partial charge >= 0.3 is 10.2 Å². The zero-order valence-electron chi connectivity index (χ0n) is 20.3. The van der Waals surface area contributed by atoms with Gasteiger partial charge in [-0.05, 0) is 67.4 Å². The average molecular weight is 578 g/mol. The SMILES string of the molecule is CC1(C)CN(CC(=O)N[C@H]2C3CC4CC2C[C@](C(N)=O)(C4)C3)S(=O)(=O)N(c2c(Cl)cc(Cl)cc2Cl)C1. The summed E-state index contributed by atoms with van der Waals surface area (Å²) in [6.07, 6.45) is 4.16. The number of rotatable bonds is 5. The molecule has 1 aromatic carbocycles. The average Bonchev–Trinajstić information content (AvgIpc) is 2.72. The Labute approximate surface area is 227 Å². The van der Waals surface area contributed by atoms with E-state index < -0.39 is 21.0 Å². The van der Waals surface area contributed by atoms with Crippen LogP contribution in [-0.4, -0.2) is 50.2 Å². The number of nitrogens with two attached hydrogens (primary N) is 1. The maximum absolute atomic E-state index is 13.7. The van der Waals surface area contributed by atoms with Crippen LogP contribution in [0.4, 0.5) is 5.69 Å². The standard InChI is InChI=1S/C24H31Cl3N4O4S/c1-23(2)11-30(36(34,35)31(12-23)21-17(26)5-16(25)6-18(21)27)10-19(32)29-20-14-3-13-4-15(20)9-24(7-13,8-14)22(28)33/h5-6,13-15,20H,3-4,7-12H2,1-2H3,(H2,28,33)(H,29,32)/t13?,14?,15?,20-,24-. The van der Waals surface area contributed by atoms with Crippen LogP contribution < -0.4 is 15.4 Å². The number of carbonyl (C=O) groups is 2. The monoisotopic (exact) mass is 576 g/mol. The van der Waals surface area contributed by atoms with Crippen LogP contribution in [0.2, 0.25) is 15.1 Å². The molecule has 2 amide bonds. The Bertz CT molecular complexity index is 1180. The van der Waals surface area contributed by atoms with Gasteiger partial charge in [-0.25, -0.2) is 0 Å². The van der Waals surface area contributed by atoms with E-state index in [0.717, 1.165) is 19.3 Å². The minimum Gasteiger partial charge on any atom is -0.369 e. The van der Waals surface area contributed by atoms with Crippen LogP contribution in [0.5, 0.6) is 0 Å². The molecule has 5 fully saturated rings. The van der Waals surface area contributed by atoms with Crippen molar-refractivity contribution in [2.75, 3.05) is 23.9 Å². The maximum atomic E-state index is 13.7. The Kier molecular flexibility index (Phi) is 6.52. The zero-order valence-corrected chi connectivity index (χ0v) is 23.4. The molecule has 1 aromatic rings. The number of benzene rings is 1. The lowest BCUT2D eigenvalue weighted by Gasteiger charge is -2.58. The van der Waals surface area contributed by atoms with E-state index >= 15 is 0 Å². The van der Waals surface area contributed by atoms with E-state index in [1.165, 1.54) is 20.7 Å². The molecule has 2 atom stereocenters. The summed E-state index contributed by atoms with van der Waals surface area (Å²) in [7, 11) is -4.09. The van der Waals surface area contributed by atoms with Crippen molar-refractivity contribution in [2.24, 2.45) is 34.3 Å². The predicted octanol–water partition coefficient (Wildman–Crippen LogP) is 3.84. The number of hydrogen-bond acceptors (Lipinski definition) is 4. The van der Waals surface area contributed by atoms with Crippen molar-refractivity contribution in [1.82, 2.24) is 9.62 Å². The summed E-state index contributed by atoms with van der Waals surface area (Å²) in [5, 5.41) is 3.67. The molecule has 4 aliphatic carbocycles. The second-order valence-electron chi connectivity index (χ2n) is 11.9. The van der Waals surface area contributed by atoms with Gasteiger partial charge in [0, 0.05) is 29.6 Å². The number of anilines is 1. The lowest BCUT2D eigenvalue weighted by molar-refractivity contribution is -0.147. The third-order valence-electron chi connectivity index (χ3n) is 8.46. The largest absolute Gasteiger partial charge is 0.369 e. The molecule has 12 heteroatoms. The molecule has 1 saturated heterocycles. The first-order chi connectivity index (χ1) is 16.7. The van der Waals surface area contributed by atoms with Gasteiger partial charge in [-0.1, -0.05) is 48.7 Å². The predicted molar refractivity (Wildman–Crippen MR) is 140 cm³/mol. The zero-order chi connectivity index (χ0) is 26.2. The second-order valence-corrected chi connectivity index (χ2v) is 15.0. The van der Waals surface area contributed by atoms with Crippen molar-refractivity contribution in [1.29, 1.82) is 0 Å². The summed E-state index contributed by atoms with van der Waals surface area (Å²) < 4.78 is 29.7. The number of carbonyl (C=O) groups excluding carboxylic acids is 2. The van der Waals surface area contributed by atoms with Crippen LogP contribution in [0.1, 0.15) is 46.0 Å². The van der Waals surface area contributed by atoms with Crippen LogP contribution in [0, 0.1) is 28.6 Å². The van der Waals surface area contributed by atoms with E-state index in [9.17, 15) is 18.0 Å². The van der Waals surface area contributed by atoms with Gasteiger partial charge in [0.1, 0.15) is 0 Å². The van der Waals surface area contributed by atoms with Gasteiger partial charge in [-0.15, -0.1) is 0 Å². The number of hydrogen-bond donors (Lipinski definition) is 2. The first-order valence-electron chi connectivity index (χ1n) is 12.2. The molecule has 6 rings (SSSR count). The Morgan fingerprint density at radius 2 is 1.64 bits per heavy atom. The van der Waals surface area contributed by atoms with Crippen LogP contribution in [0.15, 0.2) is 12.1 Å². The van der Waals surface area contributed by atoms with Gasteiger partial charge in [-0.3, -0.25) is 13.9 Å². The molecule has 0 aromatic heterocycles. The van der Waals surface area contributed by atoms with Crippen LogP contribution >= 0.6 is 34.8 Å². The Hall–Kier alpha value is -1.26. The number of halogens is 3. The van der Waals surface area contributed by atoms with Crippen molar-refractivity contribution in [3.8, 4) is 0 Å². The Balaban J connectivity index is 1.35. The van der Waals surface area contributed by atoms with E-state index in [2.05, 4.69) is 5.32 Å². The summed E-state index contributed by atoms with van der Waals surface area (Å²) in [6, 6.07) is 2.83. The number of amides is 2. The van der Waals surface area contributed by atoms with Gasteiger partial charge in [0.2, 0.25) is 11.8 Å². The lowest BCUT2D eigenvalue weighted by Crippen LogP contribution is -2.63. The fourth-order valence-corrected chi connectivity index (χ4v) is 10.4. The maximum Gasteiger partial charge on any atom is 0.304 e. The van der Waals surface area contributed by atoms with Gasteiger partial charge in [-0.2, -0.15) is 12.7 Å². The molecule has 0 spiro atoms. The van der Waals surface area contributed by atoms with E-state index in [1.807, 2.05) is 13.8 Å². The van der Waals surface area contributed by atoms with Gasteiger partial charge in [0.25, 0.3) is 0 Å². The molecule has 1 aliphatic heterocycles. The summed E-state index contributed by atoms with van der Waals surface area (Å²) >= 11 is 18.8. The fourth-order valence-electron chi connectivity index (χ4n) is 7.28. The molecule has 4 bridgehead atoms. The number of nitrogens with zero attached hydrogens (tertiary/aromatic N) is 2. The van der Waals surface area contributed by atoms with Crippen molar-refractivity contribution < 1.29 is 18.0 Å². The Morgan fingerprint density at radius 1 is 1.06 bits per heavy atom. The molecule has 36 heavy (non-hydrogen) atoms. The fraction of sp³-hybridized carbons (Fsp3) is 0.667. The first-order valence-corrected chi connectivity index (χ1v) is 14.8. The normalized spacial score (nSPS) is 34.5. The summed E-state index contributed by atoms with van der Waals surface area (Å²) in [4.78, 5) is 25.5. The quantitative estimate of drug-likeness (QED) is 0.554. The summed E-state index contributed by atoms with van der Waals surface area (Å²) in [5.74, 6) is 0.257.